The van der Waals surface area contributed by atoms with Gasteiger partial charge >= 0.3 is 5.97 Å². The molecule has 0 aliphatic rings. The van der Waals surface area contributed by atoms with Gasteiger partial charge in [-0.05, 0) is 29.8 Å². The zero-order valence-corrected chi connectivity index (χ0v) is 11.4. The van der Waals surface area contributed by atoms with E-state index in [0.717, 1.165) is 6.07 Å². The second-order valence-corrected chi connectivity index (χ2v) is 4.61. The predicted octanol–water partition coefficient (Wildman–Crippen LogP) is 4.59. The fourth-order valence-electron chi connectivity index (χ4n) is 1.71. The fourth-order valence-corrected chi connectivity index (χ4v) is 2.12. The average Bonchev–Trinajstić information content (AvgIpc) is 2.40. The lowest BCUT2D eigenvalue weighted by molar-refractivity contribution is 0.0600. The number of rotatable bonds is 2. The second kappa shape index (κ2) is 5.59. The molecule has 19 heavy (non-hydrogen) atoms. The lowest BCUT2D eigenvalue weighted by Gasteiger charge is -2.08. The summed E-state index contributed by atoms with van der Waals surface area (Å²) in [6.45, 7) is 0. The summed E-state index contributed by atoms with van der Waals surface area (Å²) in [6, 6.07) is 8.93. The van der Waals surface area contributed by atoms with E-state index in [1.165, 1.54) is 19.2 Å². The second-order valence-electron chi connectivity index (χ2n) is 3.82. The predicted molar refractivity (Wildman–Crippen MR) is 73.2 cm³/mol. The van der Waals surface area contributed by atoms with Crippen molar-refractivity contribution in [3.05, 3.63) is 57.8 Å². The molecule has 0 aliphatic carbocycles. The molecule has 2 aromatic carbocycles. The van der Waals surface area contributed by atoms with Crippen molar-refractivity contribution in [2.45, 2.75) is 0 Å². The van der Waals surface area contributed by atoms with E-state index >= 15 is 0 Å². The van der Waals surface area contributed by atoms with Gasteiger partial charge in [-0.3, -0.25) is 0 Å². The summed E-state index contributed by atoms with van der Waals surface area (Å²) in [5.74, 6) is -1.16. The van der Waals surface area contributed by atoms with Gasteiger partial charge in [-0.15, -0.1) is 0 Å². The Bertz CT molecular complexity index is 641. The highest BCUT2D eigenvalue weighted by molar-refractivity contribution is 6.43. The van der Waals surface area contributed by atoms with Gasteiger partial charge in [0.1, 0.15) is 5.82 Å². The lowest BCUT2D eigenvalue weighted by Crippen LogP contribution is -2.02. The van der Waals surface area contributed by atoms with Crippen molar-refractivity contribution in [3.8, 4) is 11.1 Å². The number of ether oxygens (including phenoxy) is 1. The van der Waals surface area contributed by atoms with Crippen molar-refractivity contribution in [1.29, 1.82) is 0 Å². The molecular formula is C14H9Cl2FO2. The maximum absolute atomic E-state index is 13.6. The van der Waals surface area contributed by atoms with Gasteiger partial charge in [-0.25, -0.2) is 9.18 Å². The van der Waals surface area contributed by atoms with Crippen LogP contribution in [0.25, 0.3) is 11.1 Å². The Morgan fingerprint density at radius 1 is 1.21 bits per heavy atom. The Balaban J connectivity index is 2.59. The zero-order valence-electron chi connectivity index (χ0n) is 9.91. The number of methoxy groups -OCH3 is 1. The Morgan fingerprint density at radius 3 is 2.63 bits per heavy atom. The molecule has 0 unspecified atom stereocenters. The molecule has 0 aliphatic heterocycles. The first kappa shape index (κ1) is 13.8. The maximum atomic E-state index is 13.6. The minimum atomic E-state index is -0.612. The molecule has 0 bridgehead atoms. The highest BCUT2D eigenvalue weighted by Crippen LogP contribution is 2.34. The molecule has 0 saturated heterocycles. The number of carbonyl (C=O) groups excluding carboxylic acids is 1. The van der Waals surface area contributed by atoms with Crippen LogP contribution in [0.5, 0.6) is 0 Å². The van der Waals surface area contributed by atoms with Crippen LogP contribution in [-0.4, -0.2) is 13.1 Å². The van der Waals surface area contributed by atoms with E-state index in [1.54, 1.807) is 18.2 Å². The third kappa shape index (κ3) is 2.88. The van der Waals surface area contributed by atoms with Crippen LogP contribution in [0.1, 0.15) is 10.4 Å². The van der Waals surface area contributed by atoms with E-state index in [0.29, 0.717) is 21.2 Å². The Kier molecular flexibility index (Phi) is 4.08. The van der Waals surface area contributed by atoms with E-state index < -0.39 is 11.8 Å². The van der Waals surface area contributed by atoms with Gasteiger partial charge < -0.3 is 4.74 Å². The van der Waals surface area contributed by atoms with E-state index in [9.17, 15) is 9.18 Å². The molecule has 0 N–H and O–H groups in total. The molecule has 0 heterocycles. The summed E-state index contributed by atoms with van der Waals surface area (Å²) in [5.41, 5.74) is 1.14. The van der Waals surface area contributed by atoms with Crippen molar-refractivity contribution in [2.75, 3.05) is 7.11 Å². The smallest absolute Gasteiger partial charge is 0.337 e. The first-order valence-corrected chi connectivity index (χ1v) is 6.12. The summed E-state index contributed by atoms with van der Waals surface area (Å²) in [7, 11) is 1.24. The summed E-state index contributed by atoms with van der Waals surface area (Å²) in [6.07, 6.45) is 0. The van der Waals surface area contributed by atoms with E-state index in [-0.39, 0.29) is 5.56 Å². The molecular weight excluding hydrogens is 290 g/mol. The van der Waals surface area contributed by atoms with Gasteiger partial charge in [-0.1, -0.05) is 35.3 Å². The van der Waals surface area contributed by atoms with Gasteiger partial charge in [0, 0.05) is 5.56 Å². The monoisotopic (exact) mass is 298 g/mol. The molecule has 0 spiro atoms. The molecule has 0 radical (unpaired) electrons. The fraction of sp³-hybridized carbons (Fsp3) is 0.0714. The van der Waals surface area contributed by atoms with E-state index in [4.69, 9.17) is 23.2 Å². The first-order chi connectivity index (χ1) is 9.02. The zero-order chi connectivity index (χ0) is 14.0. The Labute approximate surface area is 119 Å². The number of hydrogen-bond acceptors (Lipinski definition) is 2. The topological polar surface area (TPSA) is 26.3 Å². The van der Waals surface area contributed by atoms with Crippen LogP contribution in [0, 0.1) is 5.82 Å². The molecule has 98 valence electrons. The molecule has 0 aromatic heterocycles. The summed E-state index contributed by atoms with van der Waals surface area (Å²) in [5, 5.41) is 0.675. The van der Waals surface area contributed by atoms with Crippen molar-refractivity contribution in [3.63, 3.8) is 0 Å². The SMILES string of the molecule is COC(=O)c1cc(F)cc(-c2cccc(Cl)c2Cl)c1. The van der Waals surface area contributed by atoms with Gasteiger partial charge in [-0.2, -0.15) is 0 Å². The van der Waals surface area contributed by atoms with E-state index in [2.05, 4.69) is 4.74 Å². The summed E-state index contributed by atoms with van der Waals surface area (Å²) in [4.78, 5) is 11.5. The van der Waals surface area contributed by atoms with Crippen LogP contribution >= 0.6 is 23.2 Å². The summed E-state index contributed by atoms with van der Waals surface area (Å²) >= 11 is 12.0. The molecule has 0 saturated carbocycles. The van der Waals surface area contributed by atoms with Crippen LogP contribution in [-0.2, 0) is 4.74 Å². The molecule has 0 fully saturated rings. The van der Waals surface area contributed by atoms with E-state index in [1.807, 2.05) is 0 Å². The largest absolute Gasteiger partial charge is 0.465 e. The van der Waals surface area contributed by atoms with Gasteiger partial charge in [0.15, 0.2) is 0 Å². The Hall–Kier alpha value is -1.58. The number of esters is 1. The van der Waals surface area contributed by atoms with Gasteiger partial charge in [0.05, 0.1) is 22.7 Å². The van der Waals surface area contributed by atoms with Crippen LogP contribution in [0.2, 0.25) is 10.0 Å². The molecule has 0 amide bonds. The highest BCUT2D eigenvalue weighted by atomic mass is 35.5. The third-order valence-corrected chi connectivity index (χ3v) is 3.40. The third-order valence-electron chi connectivity index (χ3n) is 2.58. The molecule has 0 atom stereocenters. The quantitative estimate of drug-likeness (QED) is 0.758. The minimum absolute atomic E-state index is 0.119. The van der Waals surface area contributed by atoms with Crippen LogP contribution < -0.4 is 0 Å². The van der Waals surface area contributed by atoms with Crippen molar-refractivity contribution in [2.24, 2.45) is 0 Å². The lowest BCUT2D eigenvalue weighted by atomic mass is 10.0. The van der Waals surface area contributed by atoms with Gasteiger partial charge in [0.2, 0.25) is 0 Å². The highest BCUT2D eigenvalue weighted by Gasteiger charge is 2.13. The van der Waals surface area contributed by atoms with Crippen LogP contribution in [0.4, 0.5) is 4.39 Å². The van der Waals surface area contributed by atoms with Crippen molar-refractivity contribution < 1.29 is 13.9 Å². The molecule has 2 rings (SSSR count). The van der Waals surface area contributed by atoms with Crippen LogP contribution in [0.15, 0.2) is 36.4 Å². The molecule has 2 nitrogen and oxygen atoms in total. The first-order valence-electron chi connectivity index (χ1n) is 5.36. The van der Waals surface area contributed by atoms with Gasteiger partial charge in [0.25, 0.3) is 0 Å². The molecule has 2 aromatic rings. The average molecular weight is 299 g/mol. The number of benzene rings is 2. The van der Waals surface area contributed by atoms with Crippen molar-refractivity contribution >= 4 is 29.2 Å². The number of carbonyl (C=O) groups is 1. The normalized spacial score (nSPS) is 10.3. The number of hydrogen-bond donors (Lipinski definition) is 0. The standard InChI is InChI=1S/C14H9Cl2FO2/c1-19-14(18)9-5-8(6-10(17)7-9)11-3-2-4-12(15)13(11)16/h2-7H,1H3. The summed E-state index contributed by atoms with van der Waals surface area (Å²) < 4.78 is 18.1. The number of halogens is 3. The minimum Gasteiger partial charge on any atom is -0.465 e. The molecule has 5 heteroatoms. The maximum Gasteiger partial charge on any atom is 0.337 e. The van der Waals surface area contributed by atoms with Crippen LogP contribution in [0.3, 0.4) is 0 Å². The Morgan fingerprint density at radius 2 is 1.95 bits per heavy atom. The van der Waals surface area contributed by atoms with Crippen molar-refractivity contribution in [1.82, 2.24) is 0 Å².